The highest BCUT2D eigenvalue weighted by molar-refractivity contribution is 7.86. The minimum atomic E-state index is -3.86. The van der Waals surface area contributed by atoms with Gasteiger partial charge in [-0.05, 0) is 32.8 Å². The number of ether oxygens (including phenoxy) is 2. The summed E-state index contributed by atoms with van der Waals surface area (Å²) in [5.41, 5.74) is 0.105. The van der Waals surface area contributed by atoms with Gasteiger partial charge in [0.15, 0.2) is 0 Å². The number of carbonyl (C=O) groups excluding carboxylic acids is 2. The van der Waals surface area contributed by atoms with Gasteiger partial charge < -0.3 is 14.8 Å². The minimum Gasteiger partial charge on any atom is -0.463 e. The van der Waals surface area contributed by atoms with Crippen LogP contribution in [0.25, 0.3) is 0 Å². The van der Waals surface area contributed by atoms with E-state index in [4.69, 9.17) is 13.7 Å². The molecule has 0 spiro atoms. The van der Waals surface area contributed by atoms with E-state index in [-0.39, 0.29) is 13.0 Å². The number of alkyl carbamates (subject to hydrolysis) is 1. The van der Waals surface area contributed by atoms with Crippen molar-refractivity contribution in [1.82, 2.24) is 5.32 Å². The van der Waals surface area contributed by atoms with Crippen LogP contribution >= 0.6 is 0 Å². The molecule has 0 aromatic heterocycles. The fraction of sp³-hybridized carbons (Fsp3) is 0.556. The van der Waals surface area contributed by atoms with Crippen molar-refractivity contribution in [1.29, 1.82) is 0 Å². The number of amides is 1. The molecule has 0 saturated carbocycles. The van der Waals surface area contributed by atoms with Crippen molar-refractivity contribution in [2.75, 3.05) is 12.9 Å². The molecule has 1 aromatic carbocycles. The molecule has 0 aliphatic carbocycles. The van der Waals surface area contributed by atoms with E-state index in [9.17, 15) is 18.0 Å². The van der Waals surface area contributed by atoms with Crippen molar-refractivity contribution >= 4 is 22.2 Å². The lowest BCUT2D eigenvalue weighted by Crippen LogP contribution is -2.50. The highest BCUT2D eigenvalue weighted by Crippen LogP contribution is 2.14. The second kappa shape index (κ2) is 9.70. The van der Waals surface area contributed by atoms with E-state index in [0.717, 1.165) is 11.8 Å². The van der Waals surface area contributed by atoms with Crippen molar-refractivity contribution in [3.8, 4) is 0 Å². The number of rotatable bonds is 8. The highest BCUT2D eigenvalue weighted by Gasteiger charge is 2.30. The van der Waals surface area contributed by atoms with Gasteiger partial charge in [-0.3, -0.25) is 8.98 Å². The second-order valence-corrected chi connectivity index (χ2v) is 8.68. The average molecular weight is 401 g/mol. The molecule has 0 saturated heterocycles. The molecule has 0 aliphatic heterocycles. The fourth-order valence-electron chi connectivity index (χ4n) is 2.24. The van der Waals surface area contributed by atoms with E-state index < -0.39 is 39.9 Å². The molecule has 152 valence electrons. The molecule has 0 aliphatic rings. The number of hydrogen-bond donors (Lipinski definition) is 1. The van der Waals surface area contributed by atoms with Crippen molar-refractivity contribution in [3.63, 3.8) is 0 Å². The summed E-state index contributed by atoms with van der Waals surface area (Å²) >= 11 is 0. The van der Waals surface area contributed by atoms with E-state index in [1.54, 1.807) is 20.8 Å². The van der Waals surface area contributed by atoms with Gasteiger partial charge in [0.2, 0.25) is 0 Å². The van der Waals surface area contributed by atoms with Gasteiger partial charge in [-0.2, -0.15) is 8.42 Å². The summed E-state index contributed by atoms with van der Waals surface area (Å²) in [5, 5.41) is 2.63. The van der Waals surface area contributed by atoms with Gasteiger partial charge in [0.25, 0.3) is 10.1 Å². The Balaban J connectivity index is 3.07. The summed E-state index contributed by atoms with van der Waals surface area (Å²) in [6.45, 7) is 5.99. The third kappa shape index (κ3) is 10.6. The zero-order valence-electron chi connectivity index (χ0n) is 16.2. The summed E-state index contributed by atoms with van der Waals surface area (Å²) in [5.74, 6) is -0.590. The van der Waals surface area contributed by atoms with Crippen LogP contribution in [-0.2, 0) is 35.0 Å². The van der Waals surface area contributed by atoms with Crippen LogP contribution in [0.3, 0.4) is 0 Å². The molecule has 0 heterocycles. The molecule has 2 atom stereocenters. The standard InChI is InChI=1S/C18H27NO7S/c1-13(20)24-12-16(26-27(5,22)23)15(11-14-9-7-6-8-10-14)19-17(21)25-18(2,3)4/h6-10,15-16H,11-12H2,1-5H3,(H,19,21). The highest BCUT2D eigenvalue weighted by atomic mass is 32.2. The van der Waals surface area contributed by atoms with Crippen molar-refractivity contribution in [2.24, 2.45) is 0 Å². The Hall–Kier alpha value is -2.13. The molecular formula is C18H27NO7S. The average Bonchev–Trinajstić information content (AvgIpc) is 2.48. The summed E-state index contributed by atoms with van der Waals surface area (Å²) in [6, 6.07) is 8.32. The Bertz CT molecular complexity index is 726. The van der Waals surface area contributed by atoms with E-state index in [1.165, 1.54) is 6.92 Å². The van der Waals surface area contributed by atoms with Crippen LogP contribution in [-0.4, -0.2) is 51.1 Å². The molecule has 2 unspecified atom stereocenters. The molecule has 1 N–H and O–H groups in total. The lowest BCUT2D eigenvalue weighted by molar-refractivity contribution is -0.143. The molecule has 0 bridgehead atoms. The van der Waals surface area contributed by atoms with Crippen LogP contribution in [0.2, 0.25) is 0 Å². The van der Waals surface area contributed by atoms with Crippen LogP contribution in [0.5, 0.6) is 0 Å². The Morgan fingerprint density at radius 3 is 2.22 bits per heavy atom. The first-order valence-electron chi connectivity index (χ1n) is 8.41. The summed E-state index contributed by atoms with van der Waals surface area (Å²) in [7, 11) is -3.86. The third-order valence-electron chi connectivity index (χ3n) is 3.20. The fourth-order valence-corrected chi connectivity index (χ4v) is 2.88. The van der Waals surface area contributed by atoms with E-state index in [2.05, 4.69) is 5.32 Å². The van der Waals surface area contributed by atoms with E-state index >= 15 is 0 Å². The zero-order valence-corrected chi connectivity index (χ0v) is 17.0. The number of carbonyl (C=O) groups is 2. The summed E-state index contributed by atoms with van der Waals surface area (Å²) in [6.07, 6.45) is -0.701. The minimum absolute atomic E-state index is 0.252. The predicted octanol–water partition coefficient (Wildman–Crippen LogP) is 2.03. The maximum atomic E-state index is 12.2. The van der Waals surface area contributed by atoms with E-state index in [0.29, 0.717) is 0 Å². The second-order valence-electron chi connectivity index (χ2n) is 7.08. The van der Waals surface area contributed by atoms with Crippen molar-refractivity contribution in [3.05, 3.63) is 35.9 Å². The van der Waals surface area contributed by atoms with Gasteiger partial charge in [-0.15, -0.1) is 0 Å². The molecule has 0 fully saturated rings. The van der Waals surface area contributed by atoms with E-state index in [1.807, 2.05) is 30.3 Å². The quantitative estimate of drug-likeness (QED) is 0.524. The van der Waals surface area contributed by atoms with Gasteiger partial charge in [0.1, 0.15) is 18.3 Å². The summed E-state index contributed by atoms with van der Waals surface area (Å²) < 4.78 is 38.6. The third-order valence-corrected chi connectivity index (χ3v) is 3.80. The molecule has 1 aromatic rings. The van der Waals surface area contributed by atoms with Gasteiger partial charge >= 0.3 is 12.1 Å². The molecular weight excluding hydrogens is 374 g/mol. The monoisotopic (exact) mass is 401 g/mol. The number of esters is 1. The number of nitrogens with one attached hydrogen (secondary N) is 1. The first kappa shape index (κ1) is 22.9. The van der Waals surface area contributed by atoms with Crippen LogP contribution in [0, 0.1) is 0 Å². The Morgan fingerprint density at radius 1 is 1.15 bits per heavy atom. The summed E-state index contributed by atoms with van der Waals surface area (Å²) in [4.78, 5) is 23.4. The number of hydrogen-bond acceptors (Lipinski definition) is 7. The Morgan fingerprint density at radius 2 is 1.74 bits per heavy atom. The normalized spacial score (nSPS) is 14.1. The lowest BCUT2D eigenvalue weighted by Gasteiger charge is -2.28. The predicted molar refractivity (Wildman–Crippen MR) is 99.7 cm³/mol. The molecule has 9 heteroatoms. The first-order valence-corrected chi connectivity index (χ1v) is 10.2. The Labute approximate surface area is 160 Å². The van der Waals surface area contributed by atoms with Crippen LogP contribution in [0.4, 0.5) is 4.79 Å². The van der Waals surface area contributed by atoms with Crippen LogP contribution in [0.1, 0.15) is 33.3 Å². The van der Waals surface area contributed by atoms with Crippen LogP contribution in [0.15, 0.2) is 30.3 Å². The Kier molecular flexibility index (Phi) is 8.23. The van der Waals surface area contributed by atoms with Gasteiger partial charge in [-0.25, -0.2) is 4.79 Å². The maximum Gasteiger partial charge on any atom is 0.407 e. The van der Waals surface area contributed by atoms with Gasteiger partial charge in [-0.1, -0.05) is 30.3 Å². The van der Waals surface area contributed by atoms with Crippen LogP contribution < -0.4 is 5.32 Å². The van der Waals surface area contributed by atoms with Crippen molar-refractivity contribution < 1.29 is 31.7 Å². The zero-order chi connectivity index (χ0) is 20.7. The molecule has 1 rings (SSSR count). The lowest BCUT2D eigenvalue weighted by atomic mass is 10.0. The largest absolute Gasteiger partial charge is 0.463 e. The smallest absolute Gasteiger partial charge is 0.407 e. The first-order chi connectivity index (χ1) is 12.4. The number of benzene rings is 1. The molecule has 27 heavy (non-hydrogen) atoms. The van der Waals surface area contributed by atoms with Gasteiger partial charge in [0.05, 0.1) is 12.3 Å². The molecule has 8 nitrogen and oxygen atoms in total. The molecule has 1 amide bonds. The van der Waals surface area contributed by atoms with Gasteiger partial charge in [0, 0.05) is 6.92 Å². The van der Waals surface area contributed by atoms with Crippen molar-refractivity contribution in [2.45, 2.75) is 51.9 Å². The topological polar surface area (TPSA) is 108 Å². The SMILES string of the molecule is CC(=O)OCC(OS(C)(=O)=O)C(Cc1ccccc1)NC(=O)OC(C)(C)C. The molecule has 0 radical (unpaired) electrons. The maximum absolute atomic E-state index is 12.2.